The Kier molecular flexibility index (Phi) is 3.64. The molecule has 1 saturated carbocycles. The molecule has 3 aliphatic rings. The maximum atomic E-state index is 13.2. The van der Waals surface area contributed by atoms with Gasteiger partial charge in [-0.25, -0.2) is 0 Å². The van der Waals surface area contributed by atoms with Gasteiger partial charge in [0.1, 0.15) is 6.07 Å². The summed E-state index contributed by atoms with van der Waals surface area (Å²) >= 11 is 0. The summed E-state index contributed by atoms with van der Waals surface area (Å²) in [4.78, 5) is 14.9. The molecule has 1 aromatic rings. The lowest BCUT2D eigenvalue weighted by atomic mass is 9.69. The number of nitriles is 3. The topological polar surface area (TPSA) is 91.7 Å². The Morgan fingerprint density at radius 2 is 1.81 bits per heavy atom. The Labute approximate surface area is 152 Å². The SMILES string of the molecule is N#CC1=CN2[C@H](C(=O)C3CC3)[C@@H](c3ccccc3)C(C#N)(C#N)[C@H]2C=C1. The standard InChI is InChI=1S/C21H16N4O/c22-10-14-6-9-17-21(12-23,13-24)18(15-4-2-1-3-5-15)19(25(17)11-14)20(26)16-7-8-16/h1-6,9,11,16-19H,7-8H2/t17-,18-,19+/m1/s1. The van der Waals surface area contributed by atoms with E-state index in [0.29, 0.717) is 5.57 Å². The van der Waals surface area contributed by atoms with Crippen LogP contribution in [0, 0.1) is 45.3 Å². The molecular weight excluding hydrogens is 324 g/mol. The molecule has 1 saturated heterocycles. The van der Waals surface area contributed by atoms with Gasteiger partial charge in [-0.3, -0.25) is 4.79 Å². The highest BCUT2D eigenvalue weighted by Gasteiger charge is 2.63. The third-order valence-corrected chi connectivity index (χ3v) is 5.59. The zero-order chi connectivity index (χ0) is 18.3. The summed E-state index contributed by atoms with van der Waals surface area (Å²) in [5.41, 5.74) is -0.150. The molecule has 0 N–H and O–H groups in total. The molecule has 0 bridgehead atoms. The van der Waals surface area contributed by atoms with Gasteiger partial charge in [-0.15, -0.1) is 0 Å². The highest BCUT2D eigenvalue weighted by atomic mass is 16.1. The molecule has 1 aromatic carbocycles. The van der Waals surface area contributed by atoms with Gasteiger partial charge < -0.3 is 4.90 Å². The number of Topliss-reactive ketones (excluding diaryl/α,β-unsaturated/α-hetero) is 1. The molecule has 1 aliphatic carbocycles. The van der Waals surface area contributed by atoms with E-state index < -0.39 is 23.4 Å². The van der Waals surface area contributed by atoms with Gasteiger partial charge in [-0.2, -0.15) is 15.8 Å². The average molecular weight is 340 g/mol. The third kappa shape index (κ3) is 2.17. The molecule has 5 heteroatoms. The Bertz CT molecular complexity index is 923. The first-order valence-corrected chi connectivity index (χ1v) is 8.65. The number of carbonyl (C=O) groups is 1. The largest absolute Gasteiger partial charge is 0.356 e. The van der Waals surface area contributed by atoms with Crippen molar-refractivity contribution in [3.8, 4) is 18.2 Å². The third-order valence-electron chi connectivity index (χ3n) is 5.59. The number of hydrogen-bond acceptors (Lipinski definition) is 5. The van der Waals surface area contributed by atoms with Gasteiger partial charge in [0.25, 0.3) is 0 Å². The maximum absolute atomic E-state index is 13.2. The van der Waals surface area contributed by atoms with Crippen molar-refractivity contribution in [1.82, 2.24) is 4.90 Å². The van der Waals surface area contributed by atoms with Gasteiger partial charge in [0.15, 0.2) is 11.2 Å². The summed E-state index contributed by atoms with van der Waals surface area (Å²) in [5.74, 6) is -0.499. The first kappa shape index (κ1) is 16.1. The molecule has 0 unspecified atom stereocenters. The van der Waals surface area contributed by atoms with Crippen LogP contribution in [0.4, 0.5) is 0 Å². The first-order valence-electron chi connectivity index (χ1n) is 8.65. The summed E-state index contributed by atoms with van der Waals surface area (Å²) in [6.07, 6.45) is 6.71. The van der Waals surface area contributed by atoms with Crippen LogP contribution in [-0.4, -0.2) is 22.8 Å². The van der Waals surface area contributed by atoms with Crippen molar-refractivity contribution in [3.05, 3.63) is 59.8 Å². The molecule has 126 valence electrons. The van der Waals surface area contributed by atoms with Gasteiger partial charge >= 0.3 is 0 Å². The molecule has 0 amide bonds. The van der Waals surface area contributed by atoms with Gasteiger partial charge in [0, 0.05) is 18.0 Å². The average Bonchev–Trinajstić information content (AvgIpc) is 3.50. The van der Waals surface area contributed by atoms with Crippen LogP contribution in [-0.2, 0) is 4.79 Å². The lowest BCUT2D eigenvalue weighted by Gasteiger charge is -2.30. The fourth-order valence-electron chi connectivity index (χ4n) is 4.21. The highest BCUT2D eigenvalue weighted by Crippen LogP contribution is 2.54. The highest BCUT2D eigenvalue weighted by molar-refractivity contribution is 5.90. The van der Waals surface area contributed by atoms with E-state index in [1.807, 2.05) is 30.3 Å². The molecule has 0 spiro atoms. The summed E-state index contributed by atoms with van der Waals surface area (Å²) in [5, 5.41) is 29.3. The second kappa shape index (κ2) is 5.87. The number of rotatable bonds is 3. The minimum atomic E-state index is -1.38. The smallest absolute Gasteiger partial charge is 0.176 e. The van der Waals surface area contributed by atoms with Crippen LogP contribution in [0.5, 0.6) is 0 Å². The zero-order valence-electron chi connectivity index (χ0n) is 14.0. The Morgan fingerprint density at radius 1 is 1.12 bits per heavy atom. The van der Waals surface area contributed by atoms with E-state index in [1.54, 1.807) is 23.3 Å². The predicted octanol–water partition coefficient (Wildman–Crippen LogP) is 2.81. The van der Waals surface area contributed by atoms with E-state index in [2.05, 4.69) is 18.2 Å². The monoisotopic (exact) mass is 340 g/mol. The van der Waals surface area contributed by atoms with Crippen LogP contribution in [0.2, 0.25) is 0 Å². The number of fused-ring (bicyclic) bond motifs is 1. The van der Waals surface area contributed by atoms with Crippen molar-refractivity contribution in [3.63, 3.8) is 0 Å². The van der Waals surface area contributed by atoms with Crippen molar-refractivity contribution in [2.45, 2.75) is 30.8 Å². The summed E-state index contributed by atoms with van der Waals surface area (Å²) in [6.45, 7) is 0. The zero-order valence-corrected chi connectivity index (χ0v) is 14.0. The van der Waals surface area contributed by atoms with Gasteiger partial charge in [-0.1, -0.05) is 36.4 Å². The fraction of sp³-hybridized carbons (Fsp3) is 0.333. The summed E-state index contributed by atoms with van der Waals surface area (Å²) < 4.78 is 0. The number of carbonyl (C=O) groups excluding carboxylic acids is 1. The normalized spacial score (nSPS) is 28.3. The molecule has 2 heterocycles. The van der Waals surface area contributed by atoms with E-state index in [1.165, 1.54) is 0 Å². The van der Waals surface area contributed by atoms with Crippen molar-refractivity contribution >= 4 is 5.78 Å². The molecule has 3 atom stereocenters. The van der Waals surface area contributed by atoms with Crippen LogP contribution < -0.4 is 0 Å². The maximum Gasteiger partial charge on any atom is 0.176 e. The Morgan fingerprint density at radius 3 is 2.38 bits per heavy atom. The Hall–Kier alpha value is -3.36. The van der Waals surface area contributed by atoms with E-state index in [-0.39, 0.29) is 11.7 Å². The molecule has 2 fully saturated rings. The number of hydrogen-bond donors (Lipinski definition) is 0. The molecular formula is C21H16N4O. The lowest BCUT2D eigenvalue weighted by molar-refractivity contribution is -0.124. The van der Waals surface area contributed by atoms with Crippen LogP contribution in [0.15, 0.2) is 54.3 Å². The minimum absolute atomic E-state index is 0.00936. The summed E-state index contributed by atoms with van der Waals surface area (Å²) in [7, 11) is 0. The number of benzene rings is 1. The van der Waals surface area contributed by atoms with Crippen LogP contribution in [0.1, 0.15) is 24.3 Å². The van der Waals surface area contributed by atoms with Gasteiger partial charge in [0.2, 0.25) is 0 Å². The summed E-state index contributed by atoms with van der Waals surface area (Å²) in [6, 6.07) is 14.7. The van der Waals surface area contributed by atoms with E-state index >= 15 is 0 Å². The van der Waals surface area contributed by atoms with Crippen molar-refractivity contribution in [2.75, 3.05) is 0 Å². The Balaban J connectivity index is 1.93. The number of nitrogens with zero attached hydrogens (tertiary/aromatic N) is 4. The van der Waals surface area contributed by atoms with E-state index in [4.69, 9.17) is 0 Å². The van der Waals surface area contributed by atoms with Crippen LogP contribution >= 0.6 is 0 Å². The minimum Gasteiger partial charge on any atom is -0.356 e. The second-order valence-corrected chi connectivity index (χ2v) is 7.05. The van der Waals surface area contributed by atoms with Crippen molar-refractivity contribution < 1.29 is 4.79 Å². The molecule has 0 aromatic heterocycles. The number of ketones is 1. The predicted molar refractivity (Wildman–Crippen MR) is 92.8 cm³/mol. The molecule has 5 nitrogen and oxygen atoms in total. The number of allylic oxidation sites excluding steroid dienone is 2. The van der Waals surface area contributed by atoms with E-state index in [0.717, 1.165) is 18.4 Å². The second-order valence-electron chi connectivity index (χ2n) is 7.05. The molecule has 2 aliphatic heterocycles. The van der Waals surface area contributed by atoms with Crippen LogP contribution in [0.25, 0.3) is 0 Å². The van der Waals surface area contributed by atoms with E-state index in [9.17, 15) is 20.6 Å². The van der Waals surface area contributed by atoms with Gasteiger partial charge in [0.05, 0.1) is 29.8 Å². The molecule has 4 rings (SSSR count). The van der Waals surface area contributed by atoms with Crippen LogP contribution in [0.3, 0.4) is 0 Å². The molecule has 26 heavy (non-hydrogen) atoms. The lowest BCUT2D eigenvalue weighted by Crippen LogP contribution is -2.40. The van der Waals surface area contributed by atoms with Crippen molar-refractivity contribution in [1.29, 1.82) is 15.8 Å². The van der Waals surface area contributed by atoms with Crippen molar-refractivity contribution in [2.24, 2.45) is 11.3 Å². The fourth-order valence-corrected chi connectivity index (χ4v) is 4.21. The first-order chi connectivity index (χ1) is 12.7. The van der Waals surface area contributed by atoms with Gasteiger partial charge in [-0.05, 0) is 24.5 Å². The molecule has 0 radical (unpaired) electrons. The quantitative estimate of drug-likeness (QED) is 0.843.